The topological polar surface area (TPSA) is 147 Å². The Bertz CT molecular complexity index is 840. The van der Waals surface area contributed by atoms with Gasteiger partial charge in [-0.2, -0.15) is 0 Å². The van der Waals surface area contributed by atoms with Gasteiger partial charge < -0.3 is 35.5 Å². The minimum Gasteiger partial charge on any atom is -0.394 e. The van der Waals surface area contributed by atoms with Crippen LogP contribution in [0.2, 0.25) is 0 Å². The summed E-state index contributed by atoms with van der Waals surface area (Å²) < 4.78 is 5.08. The highest BCUT2D eigenvalue weighted by Crippen LogP contribution is 2.27. The molecular weight excluding hydrogens is 354 g/mol. The number of aliphatic hydroxyl groups excluding tert-OH is 4. The van der Waals surface area contributed by atoms with Crippen LogP contribution in [0.1, 0.15) is 11.3 Å². The van der Waals surface area contributed by atoms with Gasteiger partial charge in [-0.05, 0) is 18.1 Å². The van der Waals surface area contributed by atoms with Gasteiger partial charge in [0.1, 0.15) is 24.4 Å². The Morgan fingerprint density at radius 2 is 2.00 bits per heavy atom. The second-order valence-corrected chi connectivity index (χ2v) is 7.03. The monoisotopic (exact) mass is 377 g/mol. The molecule has 2 aliphatic rings. The Morgan fingerprint density at radius 3 is 2.78 bits per heavy atom. The van der Waals surface area contributed by atoms with E-state index >= 15 is 0 Å². The quantitative estimate of drug-likeness (QED) is 0.330. The summed E-state index contributed by atoms with van der Waals surface area (Å²) in [6.07, 6.45) is -5.06. The number of aromatic amines is 1. The Kier molecular flexibility index (Phi) is 4.89. The lowest BCUT2D eigenvalue weighted by atomic mass is 9.95. The summed E-state index contributed by atoms with van der Waals surface area (Å²) in [5, 5.41) is 46.0. The van der Waals surface area contributed by atoms with Crippen molar-refractivity contribution in [2.24, 2.45) is 0 Å². The van der Waals surface area contributed by atoms with Crippen LogP contribution >= 0.6 is 0 Å². The average molecular weight is 377 g/mol. The van der Waals surface area contributed by atoms with Gasteiger partial charge in [-0.1, -0.05) is 18.2 Å². The van der Waals surface area contributed by atoms with Crippen LogP contribution in [0.15, 0.2) is 24.3 Å². The van der Waals surface area contributed by atoms with E-state index in [-0.39, 0.29) is 0 Å². The van der Waals surface area contributed by atoms with Gasteiger partial charge in [0.2, 0.25) is 5.91 Å². The molecule has 1 aromatic heterocycles. The number of benzene rings is 1. The van der Waals surface area contributed by atoms with Crippen molar-refractivity contribution in [3.05, 3.63) is 35.5 Å². The molecule has 2 aliphatic heterocycles. The number of carbonyl (C=O) groups excluding carboxylic acids is 1. The van der Waals surface area contributed by atoms with E-state index in [1.165, 1.54) is 0 Å². The van der Waals surface area contributed by atoms with Crippen molar-refractivity contribution in [2.45, 2.75) is 49.7 Å². The van der Waals surface area contributed by atoms with Gasteiger partial charge in [-0.25, -0.2) is 0 Å². The Balaban J connectivity index is 1.48. The predicted molar refractivity (Wildman–Crippen MR) is 94.5 cm³/mol. The zero-order valence-corrected chi connectivity index (χ0v) is 14.5. The first-order valence-corrected chi connectivity index (χ1v) is 8.92. The molecular formula is C18H23N3O6. The molecule has 0 spiro atoms. The van der Waals surface area contributed by atoms with Gasteiger partial charge >= 0.3 is 0 Å². The smallest absolute Gasteiger partial charge is 0.237 e. The average Bonchev–Trinajstić information content (AvgIpc) is 3.05. The van der Waals surface area contributed by atoms with Crippen molar-refractivity contribution in [3.63, 3.8) is 0 Å². The van der Waals surface area contributed by atoms with E-state index in [1.807, 2.05) is 24.3 Å². The van der Waals surface area contributed by atoms with E-state index in [9.17, 15) is 20.1 Å². The van der Waals surface area contributed by atoms with Gasteiger partial charge in [-0.3, -0.25) is 10.1 Å². The van der Waals surface area contributed by atoms with E-state index in [1.54, 1.807) is 0 Å². The molecule has 3 heterocycles. The van der Waals surface area contributed by atoms with Gasteiger partial charge in [0.25, 0.3) is 0 Å². The third kappa shape index (κ3) is 3.22. The molecule has 0 radical (unpaired) electrons. The molecule has 1 saturated heterocycles. The van der Waals surface area contributed by atoms with Crippen molar-refractivity contribution in [1.82, 2.24) is 15.6 Å². The van der Waals surface area contributed by atoms with E-state index in [0.717, 1.165) is 22.2 Å². The van der Waals surface area contributed by atoms with Crippen LogP contribution in [0.5, 0.6) is 0 Å². The van der Waals surface area contributed by atoms with Crippen molar-refractivity contribution >= 4 is 16.8 Å². The maximum atomic E-state index is 12.7. The lowest BCUT2D eigenvalue weighted by molar-refractivity contribution is -0.254. The molecule has 1 fully saturated rings. The van der Waals surface area contributed by atoms with E-state index < -0.39 is 49.2 Å². The Morgan fingerprint density at radius 1 is 1.22 bits per heavy atom. The number of amides is 1. The maximum Gasteiger partial charge on any atom is 0.237 e. The number of ether oxygens (including phenoxy) is 1. The lowest BCUT2D eigenvalue weighted by Crippen LogP contribution is -2.65. The molecule has 27 heavy (non-hydrogen) atoms. The van der Waals surface area contributed by atoms with Crippen molar-refractivity contribution < 1.29 is 30.0 Å². The third-order valence-electron chi connectivity index (χ3n) is 5.36. The molecule has 4 rings (SSSR count). The zero-order valence-electron chi connectivity index (χ0n) is 14.5. The summed E-state index contributed by atoms with van der Waals surface area (Å²) in [6, 6.07) is 6.12. The third-order valence-corrected chi connectivity index (χ3v) is 5.36. The summed E-state index contributed by atoms with van der Waals surface area (Å²) in [5.41, 5.74) is 3.10. The fraction of sp³-hybridized carbons (Fsp3) is 0.500. The van der Waals surface area contributed by atoms with Crippen LogP contribution in [-0.2, 0) is 22.5 Å². The number of nitrogens with one attached hydrogen (secondary N) is 3. The predicted octanol–water partition coefficient (Wildman–Crippen LogP) is -1.90. The fourth-order valence-electron chi connectivity index (χ4n) is 3.84. The minimum atomic E-state index is -1.53. The van der Waals surface area contributed by atoms with Crippen molar-refractivity contribution in [2.75, 3.05) is 6.61 Å². The van der Waals surface area contributed by atoms with Gasteiger partial charge in [0.05, 0.1) is 12.6 Å². The SMILES string of the molecule is O=C(N[C@@H]1[C@@H](O)[C@H](O)[C@@H](CO)O[C@H]1O)[C@@H]1Cc2c([nH]c3ccccc23)CN1. The molecule has 2 aromatic rings. The number of aliphatic hydroxyl groups is 4. The van der Waals surface area contributed by atoms with E-state index in [4.69, 9.17) is 9.84 Å². The number of para-hydroxylation sites is 1. The molecule has 1 amide bonds. The molecule has 9 heteroatoms. The van der Waals surface area contributed by atoms with Crippen LogP contribution in [0.25, 0.3) is 10.9 Å². The second kappa shape index (κ2) is 7.19. The van der Waals surface area contributed by atoms with Gasteiger partial charge in [0.15, 0.2) is 6.29 Å². The van der Waals surface area contributed by atoms with Crippen LogP contribution in [0.4, 0.5) is 0 Å². The Labute approximate surface area is 155 Å². The molecule has 0 bridgehead atoms. The number of hydrogen-bond acceptors (Lipinski definition) is 7. The highest BCUT2D eigenvalue weighted by atomic mass is 16.6. The zero-order chi connectivity index (χ0) is 19.1. The summed E-state index contributed by atoms with van der Waals surface area (Å²) in [4.78, 5) is 16.0. The van der Waals surface area contributed by atoms with Crippen molar-refractivity contribution in [3.8, 4) is 0 Å². The number of aromatic nitrogens is 1. The van der Waals surface area contributed by atoms with Gasteiger partial charge in [-0.15, -0.1) is 0 Å². The normalized spacial score (nSPS) is 33.6. The summed E-state index contributed by atoms with van der Waals surface area (Å²) in [6.45, 7) is -0.0624. The largest absolute Gasteiger partial charge is 0.394 e. The molecule has 146 valence electrons. The molecule has 7 N–H and O–H groups in total. The van der Waals surface area contributed by atoms with Crippen molar-refractivity contribution in [1.29, 1.82) is 0 Å². The standard InChI is InChI=1S/C18H23N3O6/c22-7-13-15(23)16(24)14(18(26)27-13)21-17(25)11-5-9-8-3-1-2-4-10(8)20-12(9)6-19-11/h1-4,11,13-16,18-20,22-24,26H,5-7H2,(H,21,25)/t11-,13+,14+,15+,16+,18+/m0/s1. The Hall–Kier alpha value is -2.01. The molecule has 0 aliphatic carbocycles. The summed E-state index contributed by atoms with van der Waals surface area (Å²) in [5.74, 6) is -0.410. The van der Waals surface area contributed by atoms with Crippen LogP contribution in [0, 0.1) is 0 Å². The van der Waals surface area contributed by atoms with E-state index in [2.05, 4.69) is 15.6 Å². The minimum absolute atomic E-state index is 0.410. The summed E-state index contributed by atoms with van der Waals surface area (Å²) in [7, 11) is 0. The van der Waals surface area contributed by atoms with Crippen LogP contribution < -0.4 is 10.6 Å². The first kappa shape index (κ1) is 18.4. The van der Waals surface area contributed by atoms with Crippen LogP contribution in [-0.4, -0.2) is 74.6 Å². The molecule has 1 aromatic carbocycles. The lowest BCUT2D eigenvalue weighted by Gasteiger charge is -2.40. The van der Waals surface area contributed by atoms with Crippen LogP contribution in [0.3, 0.4) is 0 Å². The number of fused-ring (bicyclic) bond motifs is 3. The fourth-order valence-corrected chi connectivity index (χ4v) is 3.84. The first-order valence-electron chi connectivity index (χ1n) is 8.92. The number of rotatable bonds is 3. The first-order chi connectivity index (χ1) is 13.0. The highest BCUT2D eigenvalue weighted by Gasteiger charge is 2.45. The number of carbonyl (C=O) groups is 1. The van der Waals surface area contributed by atoms with E-state index in [0.29, 0.717) is 13.0 Å². The highest BCUT2D eigenvalue weighted by molar-refractivity contribution is 5.88. The molecule has 6 atom stereocenters. The number of hydrogen-bond donors (Lipinski definition) is 7. The molecule has 0 saturated carbocycles. The maximum absolute atomic E-state index is 12.7. The number of H-pyrrole nitrogens is 1. The molecule has 0 unspecified atom stereocenters. The van der Waals surface area contributed by atoms with Gasteiger partial charge in [0, 0.05) is 23.1 Å². The summed E-state index contributed by atoms with van der Waals surface area (Å²) >= 11 is 0. The second-order valence-electron chi connectivity index (χ2n) is 7.03. The molecule has 9 nitrogen and oxygen atoms in total.